The lowest BCUT2D eigenvalue weighted by Crippen LogP contribution is -2.38. The fraction of sp³-hybridized carbons (Fsp3) is 0.350. The summed E-state index contributed by atoms with van der Waals surface area (Å²) in [5.41, 5.74) is 4.24. The molecule has 1 aromatic carbocycles. The summed E-state index contributed by atoms with van der Waals surface area (Å²) in [5, 5.41) is 6.03. The standard InChI is InChI=1S/C20H23N3O3/c1-13-7-8-16(10-14(13)2)17-11-18(19-6-5-9-26-19)23(21-17)20(25)12-22(4)15(3)24/h5-10,18H,11-12H2,1-4H3/t18-/m1/s1. The van der Waals surface area contributed by atoms with Gasteiger partial charge in [-0.3, -0.25) is 9.59 Å². The lowest BCUT2D eigenvalue weighted by Gasteiger charge is -2.22. The second-order valence-electron chi connectivity index (χ2n) is 6.69. The smallest absolute Gasteiger partial charge is 0.262 e. The van der Waals surface area contributed by atoms with Crippen LogP contribution in [0.4, 0.5) is 0 Å². The topological polar surface area (TPSA) is 66.1 Å². The summed E-state index contributed by atoms with van der Waals surface area (Å²) >= 11 is 0. The quantitative estimate of drug-likeness (QED) is 0.848. The first-order valence-electron chi connectivity index (χ1n) is 8.59. The molecule has 0 N–H and O–H groups in total. The molecule has 0 saturated heterocycles. The van der Waals surface area contributed by atoms with Gasteiger partial charge in [0.05, 0.1) is 12.0 Å². The van der Waals surface area contributed by atoms with E-state index >= 15 is 0 Å². The molecule has 2 amide bonds. The molecular formula is C20H23N3O3. The van der Waals surface area contributed by atoms with Crippen LogP contribution in [-0.2, 0) is 9.59 Å². The number of rotatable bonds is 4. The third-order valence-electron chi connectivity index (χ3n) is 4.79. The van der Waals surface area contributed by atoms with Crippen LogP contribution in [0.2, 0.25) is 0 Å². The Bertz CT molecular complexity index is 855. The highest BCUT2D eigenvalue weighted by Gasteiger charge is 2.35. The van der Waals surface area contributed by atoms with Gasteiger partial charge in [-0.15, -0.1) is 0 Å². The van der Waals surface area contributed by atoms with Crippen molar-refractivity contribution in [2.75, 3.05) is 13.6 Å². The molecule has 0 spiro atoms. The molecule has 2 heterocycles. The van der Waals surface area contributed by atoms with Gasteiger partial charge in [-0.05, 0) is 48.7 Å². The highest BCUT2D eigenvalue weighted by molar-refractivity contribution is 6.03. The van der Waals surface area contributed by atoms with Gasteiger partial charge in [-0.25, -0.2) is 5.01 Å². The van der Waals surface area contributed by atoms with Crippen molar-refractivity contribution in [2.45, 2.75) is 33.2 Å². The Kier molecular flexibility index (Phi) is 4.93. The van der Waals surface area contributed by atoms with Gasteiger partial charge in [0.15, 0.2) is 0 Å². The summed E-state index contributed by atoms with van der Waals surface area (Å²) in [6.07, 6.45) is 2.17. The Labute approximate surface area is 153 Å². The lowest BCUT2D eigenvalue weighted by atomic mass is 9.99. The van der Waals surface area contributed by atoms with E-state index in [1.807, 2.05) is 12.1 Å². The zero-order valence-corrected chi connectivity index (χ0v) is 15.5. The number of carbonyl (C=O) groups excluding carboxylic acids is 2. The van der Waals surface area contributed by atoms with Crippen LogP contribution >= 0.6 is 0 Å². The molecule has 6 heteroatoms. The molecule has 0 aliphatic carbocycles. The normalized spacial score (nSPS) is 16.5. The van der Waals surface area contributed by atoms with Crippen molar-refractivity contribution in [1.29, 1.82) is 0 Å². The Morgan fingerprint density at radius 3 is 2.65 bits per heavy atom. The Morgan fingerprint density at radius 1 is 1.27 bits per heavy atom. The van der Waals surface area contributed by atoms with Crippen molar-refractivity contribution in [3.8, 4) is 0 Å². The summed E-state index contributed by atoms with van der Waals surface area (Å²) in [4.78, 5) is 25.6. The van der Waals surface area contributed by atoms with Gasteiger partial charge in [-0.1, -0.05) is 12.1 Å². The molecule has 136 valence electrons. The summed E-state index contributed by atoms with van der Waals surface area (Å²) in [6, 6.07) is 9.52. The van der Waals surface area contributed by atoms with Crippen molar-refractivity contribution in [2.24, 2.45) is 5.10 Å². The Balaban J connectivity index is 1.91. The van der Waals surface area contributed by atoms with Crippen LogP contribution in [-0.4, -0.2) is 41.0 Å². The minimum atomic E-state index is -0.297. The van der Waals surface area contributed by atoms with E-state index in [-0.39, 0.29) is 24.4 Å². The average Bonchev–Trinajstić information content (AvgIpc) is 3.25. The van der Waals surface area contributed by atoms with Crippen LogP contribution in [0.15, 0.2) is 46.1 Å². The molecule has 6 nitrogen and oxygen atoms in total. The minimum Gasteiger partial charge on any atom is -0.467 e. The number of hydrogen-bond donors (Lipinski definition) is 0. The van der Waals surface area contributed by atoms with Crippen molar-refractivity contribution in [1.82, 2.24) is 9.91 Å². The van der Waals surface area contributed by atoms with Gasteiger partial charge in [0.2, 0.25) is 5.91 Å². The number of hydrazone groups is 1. The van der Waals surface area contributed by atoms with Crippen LogP contribution in [0.5, 0.6) is 0 Å². The maximum absolute atomic E-state index is 12.7. The average molecular weight is 353 g/mol. The van der Waals surface area contributed by atoms with E-state index in [0.29, 0.717) is 12.2 Å². The van der Waals surface area contributed by atoms with Crippen LogP contribution in [0.3, 0.4) is 0 Å². The van der Waals surface area contributed by atoms with Crippen molar-refractivity contribution < 1.29 is 14.0 Å². The van der Waals surface area contributed by atoms with Gasteiger partial charge < -0.3 is 9.32 Å². The highest BCUT2D eigenvalue weighted by Crippen LogP contribution is 2.33. The largest absolute Gasteiger partial charge is 0.467 e. The number of aryl methyl sites for hydroxylation is 2. The van der Waals surface area contributed by atoms with Gasteiger partial charge >= 0.3 is 0 Å². The molecule has 0 fully saturated rings. The number of amides is 2. The Morgan fingerprint density at radius 2 is 2.04 bits per heavy atom. The van der Waals surface area contributed by atoms with Crippen LogP contribution in [0.1, 0.15) is 41.8 Å². The molecule has 0 saturated carbocycles. The second-order valence-corrected chi connectivity index (χ2v) is 6.69. The number of carbonyl (C=O) groups is 2. The van der Waals surface area contributed by atoms with Gasteiger partial charge in [-0.2, -0.15) is 5.10 Å². The number of likely N-dealkylation sites (N-methyl/N-ethyl adjacent to an activating group) is 1. The second kappa shape index (κ2) is 7.15. The number of benzene rings is 1. The zero-order valence-electron chi connectivity index (χ0n) is 15.5. The van der Waals surface area contributed by atoms with Gasteiger partial charge in [0, 0.05) is 20.4 Å². The number of hydrogen-bond acceptors (Lipinski definition) is 4. The predicted molar refractivity (Wildman–Crippen MR) is 98.7 cm³/mol. The van der Waals surface area contributed by atoms with E-state index in [0.717, 1.165) is 11.3 Å². The number of nitrogens with zero attached hydrogens (tertiary/aromatic N) is 3. The fourth-order valence-corrected chi connectivity index (χ4v) is 2.92. The van der Waals surface area contributed by atoms with Crippen molar-refractivity contribution in [3.05, 3.63) is 59.0 Å². The van der Waals surface area contributed by atoms with E-state index in [1.54, 1.807) is 19.4 Å². The molecule has 1 aliphatic rings. The summed E-state index contributed by atoms with van der Waals surface area (Å²) in [5.74, 6) is 0.291. The molecule has 0 bridgehead atoms. The van der Waals surface area contributed by atoms with E-state index < -0.39 is 0 Å². The minimum absolute atomic E-state index is 0.0176. The first-order chi connectivity index (χ1) is 12.4. The third-order valence-corrected chi connectivity index (χ3v) is 4.79. The molecule has 0 unspecified atom stereocenters. The van der Waals surface area contributed by atoms with Crippen LogP contribution in [0, 0.1) is 13.8 Å². The first kappa shape index (κ1) is 17.9. The zero-order chi connectivity index (χ0) is 18.8. The molecule has 1 atom stereocenters. The van der Waals surface area contributed by atoms with Crippen molar-refractivity contribution in [3.63, 3.8) is 0 Å². The first-order valence-corrected chi connectivity index (χ1v) is 8.59. The lowest BCUT2D eigenvalue weighted by molar-refractivity contribution is -0.139. The Hall–Kier alpha value is -2.89. The fourth-order valence-electron chi connectivity index (χ4n) is 2.92. The van der Waals surface area contributed by atoms with E-state index in [9.17, 15) is 9.59 Å². The monoisotopic (exact) mass is 353 g/mol. The van der Waals surface area contributed by atoms with Gasteiger partial charge in [0.25, 0.3) is 5.91 Å². The van der Waals surface area contributed by atoms with E-state index in [2.05, 4.69) is 31.1 Å². The molecule has 0 radical (unpaired) electrons. The van der Waals surface area contributed by atoms with Crippen LogP contribution < -0.4 is 0 Å². The summed E-state index contributed by atoms with van der Waals surface area (Å²) in [7, 11) is 1.60. The molecule has 2 aromatic rings. The van der Waals surface area contributed by atoms with E-state index in [1.165, 1.54) is 28.0 Å². The third kappa shape index (κ3) is 3.54. The summed E-state index contributed by atoms with van der Waals surface area (Å²) < 4.78 is 5.53. The highest BCUT2D eigenvalue weighted by atomic mass is 16.3. The maximum atomic E-state index is 12.7. The number of furan rings is 1. The summed E-state index contributed by atoms with van der Waals surface area (Å²) in [6.45, 7) is 5.54. The van der Waals surface area contributed by atoms with Gasteiger partial charge in [0.1, 0.15) is 18.3 Å². The van der Waals surface area contributed by atoms with Crippen LogP contribution in [0.25, 0.3) is 0 Å². The molecular weight excluding hydrogens is 330 g/mol. The maximum Gasteiger partial charge on any atom is 0.262 e. The SMILES string of the molecule is CC(=O)N(C)CC(=O)N1N=C(c2ccc(C)c(C)c2)C[C@@H]1c1ccco1. The van der Waals surface area contributed by atoms with E-state index in [4.69, 9.17) is 4.42 Å². The molecule has 26 heavy (non-hydrogen) atoms. The molecule has 3 rings (SSSR count). The molecule has 1 aliphatic heterocycles. The van der Waals surface area contributed by atoms with Crippen molar-refractivity contribution >= 4 is 17.5 Å². The molecule has 1 aromatic heterocycles. The predicted octanol–water partition coefficient (Wildman–Crippen LogP) is 3.05.